The van der Waals surface area contributed by atoms with E-state index in [0.29, 0.717) is 23.4 Å². The maximum absolute atomic E-state index is 12.9. The lowest BCUT2D eigenvalue weighted by molar-refractivity contribution is -0.137. The van der Waals surface area contributed by atoms with Gasteiger partial charge in [0.2, 0.25) is 0 Å². The first-order valence-electron chi connectivity index (χ1n) is 9.72. The average Bonchev–Trinajstić information content (AvgIpc) is 3.47. The van der Waals surface area contributed by atoms with Crippen LogP contribution in [0.5, 0.6) is 0 Å². The lowest BCUT2D eigenvalue weighted by Gasteiger charge is -2.23. The van der Waals surface area contributed by atoms with Crippen LogP contribution in [0.25, 0.3) is 11.1 Å². The largest absolute Gasteiger partial charge is 0.416 e. The summed E-state index contributed by atoms with van der Waals surface area (Å²) in [5.41, 5.74) is 2.13. The second-order valence-electron chi connectivity index (χ2n) is 7.74. The van der Waals surface area contributed by atoms with Gasteiger partial charge in [-0.05, 0) is 79.6 Å². The minimum Gasteiger partial charge on any atom is -0.317 e. The first-order valence-corrected chi connectivity index (χ1v) is 9.72. The highest BCUT2D eigenvalue weighted by atomic mass is 19.4. The highest BCUT2D eigenvalue weighted by Gasteiger charge is 2.38. The number of benzene rings is 2. The Morgan fingerprint density at radius 2 is 1.70 bits per heavy atom. The van der Waals surface area contributed by atoms with E-state index in [1.807, 2.05) is 12.1 Å². The number of nitrogens with one attached hydrogen (secondary N) is 2. The smallest absolute Gasteiger partial charge is 0.317 e. The Bertz CT molecular complexity index is 764. The van der Waals surface area contributed by atoms with Gasteiger partial charge in [0, 0.05) is 6.04 Å². The Balaban J connectivity index is 1.36. The van der Waals surface area contributed by atoms with E-state index in [1.165, 1.54) is 37.0 Å². The molecular formula is C22H25F3N2. The fourth-order valence-corrected chi connectivity index (χ4v) is 4.02. The summed E-state index contributed by atoms with van der Waals surface area (Å²) in [6.07, 6.45) is -0.717. The molecule has 0 aromatic heterocycles. The van der Waals surface area contributed by atoms with Crippen molar-refractivity contribution in [3.8, 4) is 11.1 Å². The summed E-state index contributed by atoms with van der Waals surface area (Å²) >= 11 is 0. The average molecular weight is 374 g/mol. The van der Waals surface area contributed by atoms with Gasteiger partial charge >= 0.3 is 6.18 Å². The van der Waals surface area contributed by atoms with Gasteiger partial charge < -0.3 is 10.6 Å². The van der Waals surface area contributed by atoms with Crippen molar-refractivity contribution in [2.45, 2.75) is 37.4 Å². The van der Waals surface area contributed by atoms with Crippen molar-refractivity contribution in [1.29, 1.82) is 0 Å². The maximum atomic E-state index is 12.9. The third-order valence-electron chi connectivity index (χ3n) is 5.79. The first kappa shape index (κ1) is 18.5. The molecule has 1 aliphatic carbocycles. The molecule has 2 nitrogen and oxygen atoms in total. The number of piperidine rings is 1. The summed E-state index contributed by atoms with van der Waals surface area (Å²) in [6, 6.07) is 14.2. The number of rotatable bonds is 5. The lowest BCUT2D eigenvalue weighted by atomic mass is 10.00. The van der Waals surface area contributed by atoms with Crippen LogP contribution in [0.15, 0.2) is 48.5 Å². The fraction of sp³-hybridized carbons (Fsp3) is 0.455. The van der Waals surface area contributed by atoms with E-state index in [9.17, 15) is 13.2 Å². The zero-order valence-electron chi connectivity index (χ0n) is 15.2. The molecule has 1 heterocycles. The molecule has 27 heavy (non-hydrogen) atoms. The Morgan fingerprint density at radius 3 is 2.41 bits per heavy atom. The quantitative estimate of drug-likeness (QED) is 0.784. The number of hydrogen-bond acceptors (Lipinski definition) is 2. The van der Waals surface area contributed by atoms with E-state index in [2.05, 4.69) is 22.8 Å². The standard InChI is InChI=1S/C22H25F3N2/c23-22(24,25)19-3-1-2-17(12-19)15-4-6-16(7-5-15)21-13-18(21)14-27-20-8-10-26-11-9-20/h1-7,12,18,20-21,26-27H,8-11,13-14H2/t18?,21-/m0/s1. The van der Waals surface area contributed by atoms with Crippen LogP contribution in [0.2, 0.25) is 0 Å². The summed E-state index contributed by atoms with van der Waals surface area (Å²) in [5, 5.41) is 7.07. The van der Waals surface area contributed by atoms with Gasteiger partial charge in [0.15, 0.2) is 0 Å². The Labute approximate surface area is 158 Å². The molecule has 5 heteroatoms. The molecule has 2 atom stereocenters. The Hall–Kier alpha value is -1.85. The van der Waals surface area contributed by atoms with Gasteiger partial charge in [0.05, 0.1) is 5.56 Å². The third kappa shape index (κ3) is 4.53. The van der Waals surface area contributed by atoms with Gasteiger partial charge in [-0.3, -0.25) is 0 Å². The number of alkyl halides is 3. The minimum atomic E-state index is -4.31. The molecule has 2 N–H and O–H groups in total. The zero-order valence-corrected chi connectivity index (χ0v) is 15.2. The fourth-order valence-electron chi connectivity index (χ4n) is 4.02. The molecule has 0 bridgehead atoms. The zero-order chi connectivity index (χ0) is 18.9. The molecule has 1 aliphatic heterocycles. The Morgan fingerprint density at radius 1 is 0.963 bits per heavy atom. The monoisotopic (exact) mass is 374 g/mol. The predicted octanol–water partition coefficient (Wildman–Crippen LogP) is 4.82. The van der Waals surface area contributed by atoms with Crippen LogP contribution >= 0.6 is 0 Å². The topological polar surface area (TPSA) is 24.1 Å². The molecule has 2 aromatic rings. The molecule has 4 rings (SSSR count). The van der Waals surface area contributed by atoms with Gasteiger partial charge in [-0.2, -0.15) is 13.2 Å². The highest BCUT2D eigenvalue weighted by Crippen LogP contribution is 2.47. The molecule has 144 valence electrons. The van der Waals surface area contributed by atoms with Crippen molar-refractivity contribution in [2.24, 2.45) is 5.92 Å². The molecule has 1 unspecified atom stereocenters. The van der Waals surface area contributed by atoms with Crippen LogP contribution in [0.4, 0.5) is 13.2 Å². The molecule has 1 saturated heterocycles. The van der Waals surface area contributed by atoms with E-state index in [1.54, 1.807) is 6.07 Å². The molecule has 0 amide bonds. The van der Waals surface area contributed by atoms with Crippen LogP contribution in [-0.2, 0) is 6.18 Å². The second kappa shape index (κ2) is 7.64. The summed E-state index contributed by atoms with van der Waals surface area (Å²) in [6.45, 7) is 3.26. The molecule has 0 radical (unpaired) electrons. The number of halogens is 3. The van der Waals surface area contributed by atoms with Crippen molar-refractivity contribution in [3.63, 3.8) is 0 Å². The predicted molar refractivity (Wildman–Crippen MR) is 102 cm³/mol. The summed E-state index contributed by atoms with van der Waals surface area (Å²) < 4.78 is 38.7. The van der Waals surface area contributed by atoms with E-state index >= 15 is 0 Å². The molecule has 1 saturated carbocycles. The van der Waals surface area contributed by atoms with Crippen LogP contribution in [0.1, 0.15) is 36.3 Å². The summed E-state index contributed by atoms with van der Waals surface area (Å²) in [4.78, 5) is 0. The van der Waals surface area contributed by atoms with Gasteiger partial charge in [0.1, 0.15) is 0 Å². The second-order valence-corrected chi connectivity index (χ2v) is 7.74. The minimum absolute atomic E-state index is 0.578. The summed E-state index contributed by atoms with van der Waals surface area (Å²) in [5.74, 6) is 1.26. The van der Waals surface area contributed by atoms with Gasteiger partial charge in [-0.15, -0.1) is 0 Å². The highest BCUT2D eigenvalue weighted by molar-refractivity contribution is 5.64. The Kier molecular flexibility index (Phi) is 5.24. The van der Waals surface area contributed by atoms with Gasteiger partial charge in [-0.25, -0.2) is 0 Å². The van der Waals surface area contributed by atoms with Crippen LogP contribution < -0.4 is 10.6 Å². The van der Waals surface area contributed by atoms with Crippen molar-refractivity contribution >= 4 is 0 Å². The normalized spacial score (nSPS) is 23.4. The van der Waals surface area contributed by atoms with Crippen molar-refractivity contribution in [1.82, 2.24) is 10.6 Å². The maximum Gasteiger partial charge on any atom is 0.416 e. The molecular weight excluding hydrogens is 349 g/mol. The SMILES string of the molecule is FC(F)(F)c1cccc(-c2ccc([C@@H]3CC3CNC3CCNCC3)cc2)c1. The van der Waals surface area contributed by atoms with Crippen molar-refractivity contribution in [2.75, 3.05) is 19.6 Å². The van der Waals surface area contributed by atoms with Crippen molar-refractivity contribution in [3.05, 3.63) is 59.7 Å². The van der Waals surface area contributed by atoms with Crippen molar-refractivity contribution < 1.29 is 13.2 Å². The van der Waals surface area contributed by atoms with E-state index < -0.39 is 11.7 Å². The van der Waals surface area contributed by atoms with Crippen LogP contribution in [0, 0.1) is 5.92 Å². The lowest BCUT2D eigenvalue weighted by Crippen LogP contribution is -2.40. The molecule has 2 aromatic carbocycles. The summed E-state index contributed by atoms with van der Waals surface area (Å²) in [7, 11) is 0. The third-order valence-corrected chi connectivity index (χ3v) is 5.79. The van der Waals surface area contributed by atoms with E-state index in [0.717, 1.165) is 31.3 Å². The van der Waals surface area contributed by atoms with Crippen LogP contribution in [-0.4, -0.2) is 25.7 Å². The molecule has 0 spiro atoms. The molecule has 2 fully saturated rings. The van der Waals surface area contributed by atoms with Crippen LogP contribution in [0.3, 0.4) is 0 Å². The molecule has 2 aliphatic rings. The number of hydrogen-bond donors (Lipinski definition) is 2. The van der Waals surface area contributed by atoms with Gasteiger partial charge in [-0.1, -0.05) is 36.4 Å². The first-order chi connectivity index (χ1) is 13.0. The van der Waals surface area contributed by atoms with Gasteiger partial charge in [0.25, 0.3) is 0 Å². The van der Waals surface area contributed by atoms with E-state index in [4.69, 9.17) is 0 Å². The van der Waals surface area contributed by atoms with E-state index in [-0.39, 0.29) is 0 Å².